The fourth-order valence-corrected chi connectivity index (χ4v) is 3.73. The third kappa shape index (κ3) is 3.79. The first-order valence-electron chi connectivity index (χ1n) is 5.85. The maximum absolute atomic E-state index is 10.9. The van der Waals surface area contributed by atoms with Crippen LogP contribution in [-0.2, 0) is 11.3 Å². The Morgan fingerprint density at radius 2 is 2.35 bits per heavy atom. The normalized spacial score (nSPS) is 24.8. The number of nitrogens with one attached hydrogen (secondary N) is 1. The van der Waals surface area contributed by atoms with Gasteiger partial charge in [0, 0.05) is 17.5 Å². The lowest BCUT2D eigenvalue weighted by atomic mass is 9.86. The summed E-state index contributed by atoms with van der Waals surface area (Å²) in [6, 6.07) is 4.49. The molecule has 1 heterocycles. The fraction of sp³-hybridized carbons (Fsp3) is 0.583. The molecule has 2 N–H and O–H groups in total. The third-order valence-electron chi connectivity index (χ3n) is 3.22. The summed E-state index contributed by atoms with van der Waals surface area (Å²) in [5.41, 5.74) is 0. The Kier molecular flexibility index (Phi) is 4.59. The van der Waals surface area contributed by atoms with Crippen molar-refractivity contribution in [3.05, 3.63) is 20.8 Å². The van der Waals surface area contributed by atoms with Gasteiger partial charge in [0.2, 0.25) is 0 Å². The first-order chi connectivity index (χ1) is 8.15. The van der Waals surface area contributed by atoms with E-state index in [-0.39, 0.29) is 5.92 Å². The van der Waals surface area contributed by atoms with Gasteiger partial charge in [0.15, 0.2) is 0 Å². The van der Waals surface area contributed by atoms with E-state index in [9.17, 15) is 4.79 Å². The molecular weight excluding hydrogens is 302 g/mol. The highest BCUT2D eigenvalue weighted by Crippen LogP contribution is 2.26. The topological polar surface area (TPSA) is 49.3 Å². The Hall–Kier alpha value is -0.390. The van der Waals surface area contributed by atoms with E-state index in [1.54, 1.807) is 11.3 Å². The molecule has 2 unspecified atom stereocenters. The molecule has 0 bridgehead atoms. The van der Waals surface area contributed by atoms with Gasteiger partial charge in [0.25, 0.3) is 0 Å². The summed E-state index contributed by atoms with van der Waals surface area (Å²) >= 11 is 5.16. The average Bonchev–Trinajstić information content (AvgIpc) is 2.73. The Labute approximate surface area is 113 Å². The van der Waals surface area contributed by atoms with Crippen molar-refractivity contribution in [2.75, 3.05) is 0 Å². The molecule has 2 rings (SSSR count). The molecule has 3 nitrogen and oxygen atoms in total. The minimum atomic E-state index is -0.643. The van der Waals surface area contributed by atoms with Gasteiger partial charge in [-0.15, -0.1) is 11.3 Å². The minimum Gasteiger partial charge on any atom is -0.481 e. The summed E-state index contributed by atoms with van der Waals surface area (Å²) in [6.45, 7) is 0.841. The van der Waals surface area contributed by atoms with Crippen LogP contribution < -0.4 is 5.32 Å². The maximum atomic E-state index is 10.9. The average molecular weight is 318 g/mol. The molecule has 0 aromatic carbocycles. The van der Waals surface area contributed by atoms with E-state index in [0.29, 0.717) is 6.04 Å². The molecule has 1 aromatic rings. The highest BCUT2D eigenvalue weighted by molar-refractivity contribution is 9.11. The van der Waals surface area contributed by atoms with Gasteiger partial charge >= 0.3 is 5.97 Å². The van der Waals surface area contributed by atoms with Gasteiger partial charge in [-0.1, -0.05) is 6.42 Å². The predicted octanol–water partition coefficient (Wildman–Crippen LogP) is 3.24. The third-order valence-corrected chi connectivity index (χ3v) is 4.84. The summed E-state index contributed by atoms with van der Waals surface area (Å²) in [5.74, 6) is -0.799. The SMILES string of the molecule is O=C(O)C1CCCC(NCc2ccc(Br)s2)C1. The van der Waals surface area contributed by atoms with E-state index >= 15 is 0 Å². The van der Waals surface area contributed by atoms with Crippen molar-refractivity contribution in [1.29, 1.82) is 0 Å². The molecule has 94 valence electrons. The Morgan fingerprint density at radius 3 is 3.00 bits per heavy atom. The summed E-state index contributed by atoms with van der Waals surface area (Å²) in [6.07, 6.45) is 3.71. The zero-order valence-corrected chi connectivity index (χ0v) is 11.9. The molecular formula is C12H16BrNO2S. The smallest absolute Gasteiger partial charge is 0.306 e. The molecule has 0 spiro atoms. The number of rotatable bonds is 4. The second-order valence-electron chi connectivity index (χ2n) is 4.49. The molecule has 0 amide bonds. The zero-order valence-electron chi connectivity index (χ0n) is 9.49. The van der Waals surface area contributed by atoms with Crippen LogP contribution in [0.1, 0.15) is 30.6 Å². The Morgan fingerprint density at radius 1 is 1.53 bits per heavy atom. The van der Waals surface area contributed by atoms with Crippen LogP contribution in [0.5, 0.6) is 0 Å². The molecule has 5 heteroatoms. The van der Waals surface area contributed by atoms with E-state index in [1.165, 1.54) is 4.88 Å². The predicted molar refractivity (Wildman–Crippen MR) is 72.2 cm³/mol. The second kappa shape index (κ2) is 5.98. The van der Waals surface area contributed by atoms with Crippen molar-refractivity contribution < 1.29 is 9.90 Å². The zero-order chi connectivity index (χ0) is 12.3. The van der Waals surface area contributed by atoms with Gasteiger partial charge in [-0.05, 0) is 47.3 Å². The summed E-state index contributed by atoms with van der Waals surface area (Å²) in [4.78, 5) is 12.2. The van der Waals surface area contributed by atoms with E-state index in [0.717, 1.165) is 36.0 Å². The molecule has 1 aromatic heterocycles. The standard InChI is InChI=1S/C12H16BrNO2S/c13-11-5-4-10(17-11)7-14-9-3-1-2-8(6-9)12(15)16/h4-5,8-9,14H,1-3,6-7H2,(H,15,16). The van der Waals surface area contributed by atoms with Crippen molar-refractivity contribution >= 4 is 33.2 Å². The van der Waals surface area contributed by atoms with Crippen LogP contribution in [0.15, 0.2) is 15.9 Å². The van der Waals surface area contributed by atoms with Gasteiger partial charge < -0.3 is 10.4 Å². The summed E-state index contributed by atoms with van der Waals surface area (Å²) in [7, 11) is 0. The van der Waals surface area contributed by atoms with Crippen LogP contribution in [0, 0.1) is 5.92 Å². The van der Waals surface area contributed by atoms with Crippen LogP contribution in [0.2, 0.25) is 0 Å². The van der Waals surface area contributed by atoms with E-state index in [2.05, 4.69) is 27.3 Å². The van der Waals surface area contributed by atoms with Gasteiger partial charge in [0.05, 0.1) is 9.70 Å². The molecule has 2 atom stereocenters. The van der Waals surface area contributed by atoms with Crippen molar-refractivity contribution in [2.45, 2.75) is 38.3 Å². The Balaban J connectivity index is 1.81. The monoisotopic (exact) mass is 317 g/mol. The minimum absolute atomic E-state index is 0.156. The van der Waals surface area contributed by atoms with Crippen LogP contribution in [0.25, 0.3) is 0 Å². The number of thiophene rings is 1. The molecule has 0 aliphatic heterocycles. The molecule has 1 aliphatic rings. The molecule has 0 radical (unpaired) electrons. The van der Waals surface area contributed by atoms with Gasteiger partial charge in [0.1, 0.15) is 0 Å². The molecule has 17 heavy (non-hydrogen) atoms. The van der Waals surface area contributed by atoms with Crippen molar-refractivity contribution in [2.24, 2.45) is 5.92 Å². The highest BCUT2D eigenvalue weighted by atomic mass is 79.9. The number of aliphatic carboxylic acids is 1. The quantitative estimate of drug-likeness (QED) is 0.896. The second-order valence-corrected chi connectivity index (χ2v) is 7.03. The van der Waals surface area contributed by atoms with Crippen molar-refractivity contribution in [1.82, 2.24) is 5.32 Å². The molecule has 1 fully saturated rings. The number of hydrogen-bond acceptors (Lipinski definition) is 3. The molecule has 0 saturated heterocycles. The van der Waals surface area contributed by atoms with E-state index in [1.807, 2.05) is 6.07 Å². The lowest BCUT2D eigenvalue weighted by Gasteiger charge is -2.27. The van der Waals surface area contributed by atoms with E-state index < -0.39 is 5.97 Å². The number of carbonyl (C=O) groups is 1. The maximum Gasteiger partial charge on any atom is 0.306 e. The number of carboxylic acids is 1. The lowest BCUT2D eigenvalue weighted by Crippen LogP contribution is -2.35. The van der Waals surface area contributed by atoms with Gasteiger partial charge in [-0.2, -0.15) is 0 Å². The van der Waals surface area contributed by atoms with Crippen LogP contribution >= 0.6 is 27.3 Å². The number of halogens is 1. The Bertz CT molecular complexity index is 394. The fourth-order valence-electron chi connectivity index (χ4n) is 2.29. The van der Waals surface area contributed by atoms with Crippen molar-refractivity contribution in [3.63, 3.8) is 0 Å². The van der Waals surface area contributed by atoms with Crippen LogP contribution in [0.4, 0.5) is 0 Å². The molecule has 1 aliphatic carbocycles. The lowest BCUT2D eigenvalue weighted by molar-refractivity contribution is -0.143. The summed E-state index contributed by atoms with van der Waals surface area (Å²) < 4.78 is 1.14. The van der Waals surface area contributed by atoms with Gasteiger partial charge in [-0.3, -0.25) is 4.79 Å². The van der Waals surface area contributed by atoms with Crippen LogP contribution in [-0.4, -0.2) is 17.1 Å². The summed E-state index contributed by atoms with van der Waals surface area (Å²) in [5, 5.41) is 12.5. The van der Waals surface area contributed by atoms with Crippen LogP contribution in [0.3, 0.4) is 0 Å². The van der Waals surface area contributed by atoms with Gasteiger partial charge in [-0.25, -0.2) is 0 Å². The highest BCUT2D eigenvalue weighted by Gasteiger charge is 2.26. The first-order valence-corrected chi connectivity index (χ1v) is 7.46. The number of carboxylic acid groups (broad SMARTS) is 1. The van der Waals surface area contributed by atoms with E-state index in [4.69, 9.17) is 5.11 Å². The largest absolute Gasteiger partial charge is 0.481 e. The first kappa shape index (κ1) is 13.1. The van der Waals surface area contributed by atoms with Crippen molar-refractivity contribution in [3.8, 4) is 0 Å². The number of hydrogen-bond donors (Lipinski definition) is 2. The molecule has 1 saturated carbocycles.